The fraction of sp³-hybridized carbons (Fsp3) is 0.516. The molecule has 8 nitrogen and oxygen atoms in total. The third kappa shape index (κ3) is 6.81. The number of amides is 2. The van der Waals surface area contributed by atoms with E-state index in [-0.39, 0.29) is 38.1 Å². The number of carbonyl (C=O) groups excluding carboxylic acids is 2. The SMILES string of the molecule is C.CCCCCNC(=O)CN(CC(=O)N(C)N1Cc2ccc(F)cc2C1)c1cc2nn(CC)c(CC)c2cc1C. The molecule has 9 heteroatoms. The second kappa shape index (κ2) is 13.7. The number of hydrazine groups is 1. The number of likely N-dealkylation sites (N-methyl/N-ethyl adjacent to an activating group) is 1. The van der Waals surface area contributed by atoms with Crippen LogP contribution in [0.5, 0.6) is 0 Å². The molecule has 218 valence electrons. The van der Waals surface area contributed by atoms with Gasteiger partial charge in [0.2, 0.25) is 5.91 Å². The van der Waals surface area contributed by atoms with E-state index in [1.807, 2.05) is 27.6 Å². The van der Waals surface area contributed by atoms with Crippen molar-refractivity contribution >= 4 is 28.4 Å². The van der Waals surface area contributed by atoms with Gasteiger partial charge in [-0.2, -0.15) is 5.10 Å². The van der Waals surface area contributed by atoms with Crippen molar-refractivity contribution in [1.29, 1.82) is 0 Å². The number of fused-ring (bicyclic) bond motifs is 2. The number of halogens is 1. The van der Waals surface area contributed by atoms with Crippen LogP contribution in [0.15, 0.2) is 30.3 Å². The summed E-state index contributed by atoms with van der Waals surface area (Å²) < 4.78 is 15.8. The van der Waals surface area contributed by atoms with Gasteiger partial charge in [-0.25, -0.2) is 9.40 Å². The highest BCUT2D eigenvalue weighted by Crippen LogP contribution is 2.30. The monoisotopic (exact) mass is 552 g/mol. The van der Waals surface area contributed by atoms with Gasteiger partial charge in [0.1, 0.15) is 5.82 Å². The van der Waals surface area contributed by atoms with Crippen LogP contribution in [-0.2, 0) is 35.6 Å². The number of hydrogen-bond acceptors (Lipinski definition) is 5. The lowest BCUT2D eigenvalue weighted by molar-refractivity contribution is -0.145. The van der Waals surface area contributed by atoms with Gasteiger partial charge >= 0.3 is 0 Å². The first-order chi connectivity index (χ1) is 18.7. The summed E-state index contributed by atoms with van der Waals surface area (Å²) >= 11 is 0. The Hall–Kier alpha value is -3.46. The van der Waals surface area contributed by atoms with Crippen molar-refractivity contribution in [2.45, 2.75) is 80.4 Å². The van der Waals surface area contributed by atoms with Crippen molar-refractivity contribution in [3.63, 3.8) is 0 Å². The van der Waals surface area contributed by atoms with Crippen LogP contribution in [-0.4, -0.2) is 58.3 Å². The van der Waals surface area contributed by atoms with Gasteiger partial charge in [0.15, 0.2) is 0 Å². The Balaban J connectivity index is 0.00000441. The fourth-order valence-electron chi connectivity index (χ4n) is 5.34. The van der Waals surface area contributed by atoms with E-state index >= 15 is 0 Å². The molecule has 1 aliphatic heterocycles. The smallest absolute Gasteiger partial charge is 0.256 e. The van der Waals surface area contributed by atoms with Gasteiger partial charge in [0, 0.05) is 50.0 Å². The molecule has 0 fully saturated rings. The molecule has 0 saturated carbocycles. The van der Waals surface area contributed by atoms with E-state index in [9.17, 15) is 14.0 Å². The normalized spacial score (nSPS) is 12.8. The third-order valence-corrected chi connectivity index (χ3v) is 7.56. The number of benzene rings is 2. The van der Waals surface area contributed by atoms with Crippen LogP contribution in [0.3, 0.4) is 0 Å². The summed E-state index contributed by atoms with van der Waals surface area (Å²) in [7, 11) is 1.74. The molecule has 2 amide bonds. The molecule has 0 aliphatic carbocycles. The molecule has 0 saturated heterocycles. The summed E-state index contributed by atoms with van der Waals surface area (Å²) in [6.45, 7) is 10.8. The van der Waals surface area contributed by atoms with Gasteiger partial charge in [-0.15, -0.1) is 0 Å². The number of aryl methyl sites for hydroxylation is 3. The molecule has 2 aromatic carbocycles. The molecule has 1 aliphatic rings. The number of aromatic nitrogens is 2. The summed E-state index contributed by atoms with van der Waals surface area (Å²) in [6, 6.07) is 8.88. The first-order valence-electron chi connectivity index (χ1n) is 14.1. The van der Waals surface area contributed by atoms with Crippen molar-refractivity contribution in [2.75, 3.05) is 31.6 Å². The molecule has 40 heavy (non-hydrogen) atoms. The zero-order valence-corrected chi connectivity index (χ0v) is 23.9. The molecule has 0 atom stereocenters. The van der Waals surface area contributed by atoms with E-state index in [2.05, 4.69) is 32.2 Å². The second-order valence-electron chi connectivity index (χ2n) is 10.3. The summed E-state index contributed by atoms with van der Waals surface area (Å²) in [4.78, 5) is 28.4. The minimum Gasteiger partial charge on any atom is -0.355 e. The Morgan fingerprint density at radius 1 is 1.05 bits per heavy atom. The average molecular weight is 553 g/mol. The van der Waals surface area contributed by atoms with Gasteiger partial charge < -0.3 is 10.2 Å². The van der Waals surface area contributed by atoms with Crippen LogP contribution in [0, 0.1) is 12.7 Å². The standard InChI is InChI=1S/C30H41FN6O2.CH4/c1-6-9-10-13-32-29(38)19-35(28-16-26-25(14-21(28)4)27(7-2)37(8-3)33-26)20-30(39)34(5)36-17-22-11-12-24(31)15-23(22)18-36;/h11-12,14-16H,6-10,13,17-20H2,1-5H3,(H,32,38);1H4. The van der Waals surface area contributed by atoms with E-state index in [4.69, 9.17) is 5.10 Å². The minimum absolute atomic E-state index is 0. The molecule has 0 radical (unpaired) electrons. The largest absolute Gasteiger partial charge is 0.355 e. The quantitative estimate of drug-likeness (QED) is 0.313. The predicted molar refractivity (Wildman–Crippen MR) is 159 cm³/mol. The van der Waals surface area contributed by atoms with Crippen molar-refractivity contribution in [1.82, 2.24) is 25.1 Å². The van der Waals surface area contributed by atoms with Crippen LogP contribution < -0.4 is 10.2 Å². The number of nitrogens with one attached hydrogen (secondary N) is 1. The van der Waals surface area contributed by atoms with E-state index in [0.29, 0.717) is 19.6 Å². The Bertz CT molecular complexity index is 1340. The Labute approximate surface area is 238 Å². The number of rotatable bonds is 12. The number of unbranched alkanes of at least 4 members (excludes halogenated alkanes) is 2. The molecular formula is C31H45FN6O2. The lowest BCUT2D eigenvalue weighted by Gasteiger charge is -2.32. The summed E-state index contributed by atoms with van der Waals surface area (Å²) in [5.74, 6) is -0.531. The first kappa shape index (κ1) is 31.1. The van der Waals surface area contributed by atoms with E-state index in [1.54, 1.807) is 18.1 Å². The summed E-state index contributed by atoms with van der Waals surface area (Å²) in [5, 5.41) is 12.4. The Morgan fingerprint density at radius 3 is 2.50 bits per heavy atom. The number of nitrogens with zero attached hydrogens (tertiary/aromatic N) is 5. The van der Waals surface area contributed by atoms with Crippen LogP contribution in [0.2, 0.25) is 0 Å². The Morgan fingerprint density at radius 2 is 1.80 bits per heavy atom. The topological polar surface area (TPSA) is 73.7 Å². The van der Waals surface area contributed by atoms with E-state index in [0.717, 1.165) is 65.5 Å². The molecule has 1 aromatic heterocycles. The van der Waals surface area contributed by atoms with Crippen LogP contribution in [0.25, 0.3) is 10.9 Å². The Kier molecular flexibility index (Phi) is 10.7. The molecule has 2 heterocycles. The number of hydrogen-bond donors (Lipinski definition) is 1. The van der Waals surface area contributed by atoms with E-state index < -0.39 is 0 Å². The molecule has 1 N–H and O–H groups in total. The molecule has 0 bridgehead atoms. The molecule has 0 unspecified atom stereocenters. The van der Waals surface area contributed by atoms with Crippen LogP contribution in [0.4, 0.5) is 10.1 Å². The van der Waals surface area contributed by atoms with Gasteiger partial charge in [0.25, 0.3) is 5.91 Å². The van der Waals surface area contributed by atoms with Crippen LogP contribution >= 0.6 is 0 Å². The third-order valence-electron chi connectivity index (χ3n) is 7.56. The minimum atomic E-state index is -0.275. The van der Waals surface area contributed by atoms with Gasteiger partial charge in [0.05, 0.1) is 18.6 Å². The zero-order chi connectivity index (χ0) is 28.1. The zero-order valence-electron chi connectivity index (χ0n) is 23.9. The average Bonchev–Trinajstić information content (AvgIpc) is 3.49. The predicted octanol–water partition coefficient (Wildman–Crippen LogP) is 5.20. The van der Waals surface area contributed by atoms with Crippen molar-refractivity contribution < 1.29 is 14.0 Å². The molecule has 0 spiro atoms. The summed E-state index contributed by atoms with van der Waals surface area (Å²) in [6.07, 6.45) is 3.95. The second-order valence-corrected chi connectivity index (χ2v) is 10.3. The molecular weight excluding hydrogens is 507 g/mol. The molecule has 3 aromatic rings. The van der Waals surface area contributed by atoms with Crippen molar-refractivity contribution in [3.05, 3.63) is 58.5 Å². The fourth-order valence-corrected chi connectivity index (χ4v) is 5.34. The van der Waals surface area contributed by atoms with Crippen LogP contribution in [0.1, 0.15) is 69.8 Å². The lowest BCUT2D eigenvalue weighted by Crippen LogP contribution is -2.48. The first-order valence-corrected chi connectivity index (χ1v) is 14.1. The highest BCUT2D eigenvalue weighted by Gasteiger charge is 2.28. The highest BCUT2D eigenvalue weighted by molar-refractivity contribution is 5.91. The maximum atomic E-state index is 13.7. The maximum absolute atomic E-state index is 13.7. The lowest BCUT2D eigenvalue weighted by atomic mass is 10.1. The summed E-state index contributed by atoms with van der Waals surface area (Å²) in [5.41, 5.74) is 5.76. The van der Waals surface area contributed by atoms with Gasteiger partial charge in [-0.1, -0.05) is 40.2 Å². The molecule has 4 rings (SSSR count). The van der Waals surface area contributed by atoms with Gasteiger partial charge in [-0.05, 0) is 67.6 Å². The highest BCUT2D eigenvalue weighted by atomic mass is 19.1. The number of anilines is 1. The van der Waals surface area contributed by atoms with E-state index in [1.165, 1.54) is 17.8 Å². The van der Waals surface area contributed by atoms with Crippen molar-refractivity contribution in [3.8, 4) is 0 Å². The van der Waals surface area contributed by atoms with Gasteiger partial charge in [-0.3, -0.25) is 19.3 Å². The maximum Gasteiger partial charge on any atom is 0.256 e. The number of carbonyl (C=O) groups is 2. The van der Waals surface area contributed by atoms with Crippen molar-refractivity contribution in [2.24, 2.45) is 0 Å².